The molecule has 0 saturated heterocycles. The number of fused-ring (bicyclic) bond motifs is 1. The number of aliphatic imine (C=N–C) groups is 1. The van der Waals surface area contributed by atoms with Crippen molar-refractivity contribution in [1.82, 2.24) is 20.4 Å². The maximum atomic E-state index is 6.00. The second-order valence-corrected chi connectivity index (χ2v) is 7.20. The average Bonchev–Trinajstić information content (AvgIpc) is 3.08. The minimum absolute atomic E-state index is 0.0808. The molecule has 0 fully saturated rings. The van der Waals surface area contributed by atoms with Gasteiger partial charge >= 0.3 is 0 Å². The molecule has 2 heterocycles. The molecular weight excluding hydrogens is 378 g/mol. The molecule has 0 aliphatic carbocycles. The lowest BCUT2D eigenvalue weighted by Gasteiger charge is -2.27. The van der Waals surface area contributed by atoms with Crippen LogP contribution in [0.15, 0.2) is 59.6 Å². The summed E-state index contributed by atoms with van der Waals surface area (Å²) >= 11 is 0. The lowest BCUT2D eigenvalue weighted by Crippen LogP contribution is -2.45. The molecule has 0 saturated carbocycles. The first-order valence-corrected chi connectivity index (χ1v) is 10.1. The molecule has 3 aromatic rings. The summed E-state index contributed by atoms with van der Waals surface area (Å²) in [5.74, 6) is 2.28. The number of aryl methyl sites for hydroxylation is 1. The minimum atomic E-state index is -0.0808. The summed E-state index contributed by atoms with van der Waals surface area (Å²) in [7, 11) is 1.76. The van der Waals surface area contributed by atoms with Crippen LogP contribution in [0.25, 0.3) is 5.69 Å². The Kier molecular flexibility index (Phi) is 5.88. The zero-order valence-corrected chi connectivity index (χ0v) is 17.6. The predicted molar refractivity (Wildman–Crippen MR) is 118 cm³/mol. The summed E-state index contributed by atoms with van der Waals surface area (Å²) in [6.45, 7) is 5.85. The van der Waals surface area contributed by atoms with Crippen LogP contribution in [0.5, 0.6) is 11.5 Å². The average molecular weight is 406 g/mol. The first-order chi connectivity index (χ1) is 14.7. The molecule has 0 spiro atoms. The standard InChI is InChI=1S/C23H27N5O2/c1-16-20(17(2)28(27-16)18-9-5-4-6-10-18)14-26-23(24-3)25-13-19-15-29-21-11-7-8-12-22(21)30-19/h4-12,19H,13-15H2,1-3H3,(H2,24,25,26). The number of guanidine groups is 1. The SMILES string of the molecule is CN=C(NCc1c(C)nn(-c2ccccc2)c1C)NCC1COc2ccccc2O1. The highest BCUT2D eigenvalue weighted by molar-refractivity contribution is 5.79. The zero-order valence-electron chi connectivity index (χ0n) is 17.6. The van der Waals surface area contributed by atoms with Crippen molar-refractivity contribution >= 4 is 5.96 Å². The first-order valence-electron chi connectivity index (χ1n) is 10.1. The topological polar surface area (TPSA) is 72.7 Å². The van der Waals surface area contributed by atoms with Gasteiger partial charge in [-0.05, 0) is 38.1 Å². The Labute approximate surface area is 176 Å². The molecule has 7 heteroatoms. The number of hydrogen-bond acceptors (Lipinski definition) is 4. The van der Waals surface area contributed by atoms with Crippen molar-refractivity contribution in [2.75, 3.05) is 20.2 Å². The third kappa shape index (κ3) is 4.25. The van der Waals surface area contributed by atoms with E-state index in [2.05, 4.69) is 34.7 Å². The molecular formula is C23H27N5O2. The van der Waals surface area contributed by atoms with Crippen LogP contribution in [0.4, 0.5) is 0 Å². The van der Waals surface area contributed by atoms with Gasteiger partial charge in [-0.2, -0.15) is 5.10 Å². The Bertz CT molecular complexity index is 1030. The van der Waals surface area contributed by atoms with Gasteiger partial charge in [-0.25, -0.2) is 4.68 Å². The fourth-order valence-electron chi connectivity index (χ4n) is 3.52. The third-order valence-corrected chi connectivity index (χ3v) is 5.16. The van der Waals surface area contributed by atoms with Crippen LogP contribution in [0.1, 0.15) is 17.0 Å². The summed E-state index contributed by atoms with van der Waals surface area (Å²) in [5, 5.41) is 11.4. The van der Waals surface area contributed by atoms with E-state index < -0.39 is 0 Å². The van der Waals surface area contributed by atoms with E-state index in [9.17, 15) is 0 Å². The summed E-state index contributed by atoms with van der Waals surface area (Å²) in [6.07, 6.45) is -0.0808. The highest BCUT2D eigenvalue weighted by Gasteiger charge is 2.21. The lowest BCUT2D eigenvalue weighted by molar-refractivity contribution is 0.0936. The van der Waals surface area contributed by atoms with Gasteiger partial charge in [0.25, 0.3) is 0 Å². The van der Waals surface area contributed by atoms with Gasteiger partial charge < -0.3 is 20.1 Å². The van der Waals surface area contributed by atoms with Crippen LogP contribution in [-0.2, 0) is 6.54 Å². The Morgan fingerprint density at radius 2 is 1.80 bits per heavy atom. The zero-order chi connectivity index (χ0) is 20.9. The van der Waals surface area contributed by atoms with Crippen molar-refractivity contribution in [1.29, 1.82) is 0 Å². The number of aromatic nitrogens is 2. The first kappa shape index (κ1) is 19.8. The molecule has 4 rings (SSSR count). The molecule has 0 bridgehead atoms. The Morgan fingerprint density at radius 3 is 2.57 bits per heavy atom. The van der Waals surface area contributed by atoms with Crippen molar-refractivity contribution in [2.45, 2.75) is 26.5 Å². The van der Waals surface area contributed by atoms with E-state index in [1.165, 1.54) is 0 Å². The molecule has 156 valence electrons. The molecule has 0 radical (unpaired) electrons. The van der Waals surface area contributed by atoms with E-state index >= 15 is 0 Å². The molecule has 1 unspecified atom stereocenters. The maximum absolute atomic E-state index is 6.00. The van der Waals surface area contributed by atoms with Gasteiger partial charge in [0.05, 0.1) is 17.9 Å². The Balaban J connectivity index is 1.35. The molecule has 1 aromatic heterocycles. The summed E-state index contributed by atoms with van der Waals surface area (Å²) in [5.41, 5.74) is 4.33. The molecule has 1 aliphatic heterocycles. The Hall–Kier alpha value is -3.48. The largest absolute Gasteiger partial charge is 0.486 e. The monoisotopic (exact) mass is 405 g/mol. The fourth-order valence-corrected chi connectivity index (χ4v) is 3.52. The van der Waals surface area contributed by atoms with Crippen LogP contribution >= 0.6 is 0 Å². The van der Waals surface area contributed by atoms with Crippen molar-refractivity contribution in [3.8, 4) is 17.2 Å². The molecule has 1 aliphatic rings. The third-order valence-electron chi connectivity index (χ3n) is 5.16. The smallest absolute Gasteiger partial charge is 0.191 e. The number of para-hydroxylation sites is 3. The number of benzene rings is 2. The van der Waals surface area contributed by atoms with Gasteiger partial charge in [-0.15, -0.1) is 0 Å². The van der Waals surface area contributed by atoms with E-state index in [4.69, 9.17) is 14.6 Å². The van der Waals surface area contributed by atoms with Crippen molar-refractivity contribution in [3.63, 3.8) is 0 Å². The molecule has 0 amide bonds. The van der Waals surface area contributed by atoms with E-state index in [-0.39, 0.29) is 6.10 Å². The Morgan fingerprint density at radius 1 is 1.07 bits per heavy atom. The van der Waals surface area contributed by atoms with Gasteiger partial charge in [-0.3, -0.25) is 4.99 Å². The number of nitrogens with one attached hydrogen (secondary N) is 2. The number of ether oxygens (including phenoxy) is 2. The number of hydrogen-bond donors (Lipinski definition) is 2. The van der Waals surface area contributed by atoms with Crippen molar-refractivity contribution in [2.24, 2.45) is 4.99 Å². The van der Waals surface area contributed by atoms with E-state index in [1.807, 2.05) is 54.1 Å². The predicted octanol–water partition coefficient (Wildman–Crippen LogP) is 2.99. The number of nitrogens with zero attached hydrogens (tertiary/aromatic N) is 3. The summed E-state index contributed by atoms with van der Waals surface area (Å²) in [4.78, 5) is 4.33. The van der Waals surface area contributed by atoms with Gasteiger partial charge in [0, 0.05) is 24.8 Å². The number of rotatable bonds is 5. The van der Waals surface area contributed by atoms with E-state index in [0.29, 0.717) is 25.7 Å². The molecule has 2 aromatic carbocycles. The van der Waals surface area contributed by atoms with Crippen LogP contribution in [0.3, 0.4) is 0 Å². The van der Waals surface area contributed by atoms with Crippen LogP contribution in [-0.4, -0.2) is 42.0 Å². The van der Waals surface area contributed by atoms with Gasteiger partial charge in [0.2, 0.25) is 0 Å². The van der Waals surface area contributed by atoms with Gasteiger partial charge in [0.1, 0.15) is 12.7 Å². The van der Waals surface area contributed by atoms with Gasteiger partial charge in [-0.1, -0.05) is 30.3 Å². The minimum Gasteiger partial charge on any atom is -0.486 e. The van der Waals surface area contributed by atoms with Gasteiger partial charge in [0.15, 0.2) is 17.5 Å². The summed E-state index contributed by atoms with van der Waals surface area (Å²) in [6, 6.07) is 17.9. The highest BCUT2D eigenvalue weighted by Crippen LogP contribution is 2.30. The van der Waals surface area contributed by atoms with E-state index in [1.54, 1.807) is 7.05 Å². The fraction of sp³-hybridized carbons (Fsp3) is 0.304. The van der Waals surface area contributed by atoms with Crippen LogP contribution in [0, 0.1) is 13.8 Å². The summed E-state index contributed by atoms with van der Waals surface area (Å²) < 4.78 is 13.7. The quantitative estimate of drug-likeness (QED) is 0.504. The normalized spacial score (nSPS) is 15.7. The molecule has 30 heavy (non-hydrogen) atoms. The second kappa shape index (κ2) is 8.90. The molecule has 2 N–H and O–H groups in total. The molecule has 7 nitrogen and oxygen atoms in total. The van der Waals surface area contributed by atoms with Crippen LogP contribution < -0.4 is 20.1 Å². The molecule has 1 atom stereocenters. The van der Waals surface area contributed by atoms with E-state index in [0.717, 1.165) is 34.1 Å². The second-order valence-electron chi connectivity index (χ2n) is 7.20. The van der Waals surface area contributed by atoms with Crippen LogP contribution in [0.2, 0.25) is 0 Å². The highest BCUT2D eigenvalue weighted by atomic mass is 16.6. The lowest BCUT2D eigenvalue weighted by atomic mass is 10.2. The van der Waals surface area contributed by atoms with Crippen molar-refractivity contribution < 1.29 is 9.47 Å². The maximum Gasteiger partial charge on any atom is 0.191 e. The van der Waals surface area contributed by atoms with Crippen molar-refractivity contribution in [3.05, 3.63) is 71.5 Å².